The molecular formula is C17H29BO3. The molecule has 1 heterocycles. The summed E-state index contributed by atoms with van der Waals surface area (Å²) in [5.74, 6) is 0.946. The van der Waals surface area contributed by atoms with E-state index in [1.54, 1.807) is 7.11 Å². The minimum atomic E-state index is -0.248. The fourth-order valence-corrected chi connectivity index (χ4v) is 3.26. The molecule has 2 rings (SSSR count). The first-order chi connectivity index (χ1) is 9.80. The predicted molar refractivity (Wildman–Crippen MR) is 87.2 cm³/mol. The molecule has 0 spiro atoms. The molecule has 118 valence electrons. The highest BCUT2D eigenvalue weighted by atomic mass is 16.7. The smallest absolute Gasteiger partial charge is 0.403 e. The minimum Gasteiger partial charge on any atom is -0.403 e. The third-order valence-electron chi connectivity index (χ3n) is 5.27. The molecule has 0 aromatic carbocycles. The molecule has 0 aromatic rings. The van der Waals surface area contributed by atoms with Crippen molar-refractivity contribution in [1.29, 1.82) is 0 Å². The van der Waals surface area contributed by atoms with E-state index in [9.17, 15) is 0 Å². The number of rotatable bonds is 5. The highest BCUT2D eigenvalue weighted by Crippen LogP contribution is 2.38. The van der Waals surface area contributed by atoms with Crippen LogP contribution in [0.15, 0.2) is 24.8 Å². The van der Waals surface area contributed by atoms with Gasteiger partial charge in [0.2, 0.25) is 0 Å². The Morgan fingerprint density at radius 1 is 1.14 bits per heavy atom. The molecule has 21 heavy (non-hydrogen) atoms. The highest BCUT2D eigenvalue weighted by Gasteiger charge is 2.50. The summed E-state index contributed by atoms with van der Waals surface area (Å²) in [6.07, 6.45) is 9.85. The molecule has 1 aliphatic carbocycles. The minimum absolute atomic E-state index is 0.149. The van der Waals surface area contributed by atoms with Gasteiger partial charge in [-0.05, 0) is 40.5 Å². The maximum absolute atomic E-state index is 6.00. The lowest BCUT2D eigenvalue weighted by molar-refractivity contribution is 0.00578. The van der Waals surface area contributed by atoms with E-state index >= 15 is 0 Å². The predicted octanol–water partition coefficient (Wildman–Crippen LogP) is 3.86. The lowest BCUT2D eigenvalue weighted by Gasteiger charge is -2.32. The van der Waals surface area contributed by atoms with Crippen molar-refractivity contribution in [3.05, 3.63) is 24.8 Å². The van der Waals surface area contributed by atoms with Crippen LogP contribution < -0.4 is 0 Å². The molecule has 0 unspecified atom stereocenters. The largest absolute Gasteiger partial charge is 0.461 e. The van der Waals surface area contributed by atoms with Gasteiger partial charge in [-0.1, -0.05) is 18.2 Å². The Morgan fingerprint density at radius 3 is 2.24 bits per heavy atom. The standard InChI is InChI=1S/C17H29BO3/c1-7-13-10-11-14(15(13)19-6)9-8-12-18-20-16(2,3)17(4,5)21-18/h7-9,13-15H,1,10-12H2,2-6H3/b9-8+/t13-,14+,15-/m0/s1. The maximum Gasteiger partial charge on any atom is 0.461 e. The Bertz CT molecular complexity index is 387. The lowest BCUT2D eigenvalue weighted by atomic mass is 9.84. The SMILES string of the molecule is C=C[C@H]1CC[C@@H](/C=C/CB2OC(C)(C)C(C)(C)O2)[C@H]1OC. The molecule has 2 fully saturated rings. The van der Waals surface area contributed by atoms with Crippen molar-refractivity contribution in [1.82, 2.24) is 0 Å². The maximum atomic E-state index is 6.00. The van der Waals surface area contributed by atoms with Crippen molar-refractivity contribution in [2.75, 3.05) is 7.11 Å². The van der Waals surface area contributed by atoms with Gasteiger partial charge >= 0.3 is 7.12 Å². The third-order valence-corrected chi connectivity index (χ3v) is 5.27. The van der Waals surface area contributed by atoms with Crippen molar-refractivity contribution in [3.63, 3.8) is 0 Å². The van der Waals surface area contributed by atoms with Crippen molar-refractivity contribution >= 4 is 7.12 Å². The third kappa shape index (κ3) is 3.44. The molecular weight excluding hydrogens is 263 g/mol. The molecule has 3 atom stereocenters. The fourth-order valence-electron chi connectivity index (χ4n) is 3.26. The van der Waals surface area contributed by atoms with Gasteiger partial charge in [-0.3, -0.25) is 0 Å². The van der Waals surface area contributed by atoms with Gasteiger partial charge in [-0.2, -0.15) is 0 Å². The number of hydrogen-bond acceptors (Lipinski definition) is 3. The van der Waals surface area contributed by atoms with Crippen LogP contribution in [0.2, 0.25) is 6.32 Å². The quantitative estimate of drug-likeness (QED) is 0.569. The number of hydrogen-bond donors (Lipinski definition) is 0. The van der Waals surface area contributed by atoms with E-state index < -0.39 is 0 Å². The van der Waals surface area contributed by atoms with Crippen LogP contribution in [0.4, 0.5) is 0 Å². The van der Waals surface area contributed by atoms with E-state index in [1.807, 2.05) is 6.08 Å². The average molecular weight is 292 g/mol. The molecule has 0 aromatic heterocycles. The van der Waals surface area contributed by atoms with Gasteiger partial charge < -0.3 is 14.0 Å². The molecule has 2 aliphatic rings. The van der Waals surface area contributed by atoms with Crippen LogP contribution in [0.1, 0.15) is 40.5 Å². The molecule has 0 bridgehead atoms. The van der Waals surface area contributed by atoms with Crippen LogP contribution >= 0.6 is 0 Å². The summed E-state index contributed by atoms with van der Waals surface area (Å²) < 4.78 is 17.6. The normalized spacial score (nSPS) is 34.7. The zero-order valence-corrected chi connectivity index (χ0v) is 14.1. The first kappa shape index (κ1) is 16.8. The van der Waals surface area contributed by atoms with Gasteiger partial charge in [0.25, 0.3) is 0 Å². The summed E-state index contributed by atoms with van der Waals surface area (Å²) in [5.41, 5.74) is -0.496. The second-order valence-electron chi connectivity index (χ2n) is 7.19. The second-order valence-corrected chi connectivity index (χ2v) is 7.19. The molecule has 1 saturated carbocycles. The molecule has 1 aliphatic heterocycles. The molecule has 0 amide bonds. The zero-order valence-electron chi connectivity index (χ0n) is 14.1. The van der Waals surface area contributed by atoms with Gasteiger partial charge in [-0.25, -0.2) is 0 Å². The number of ether oxygens (including phenoxy) is 1. The van der Waals surface area contributed by atoms with E-state index in [4.69, 9.17) is 14.0 Å². The number of allylic oxidation sites excluding steroid dienone is 1. The van der Waals surface area contributed by atoms with Gasteiger partial charge in [0, 0.05) is 25.3 Å². The fraction of sp³-hybridized carbons (Fsp3) is 0.765. The highest BCUT2D eigenvalue weighted by molar-refractivity contribution is 6.46. The van der Waals surface area contributed by atoms with Crippen LogP contribution in [0.5, 0.6) is 0 Å². The monoisotopic (exact) mass is 292 g/mol. The van der Waals surface area contributed by atoms with E-state index in [2.05, 4.69) is 46.4 Å². The van der Waals surface area contributed by atoms with E-state index in [0.717, 1.165) is 19.2 Å². The Morgan fingerprint density at radius 2 is 1.71 bits per heavy atom. The van der Waals surface area contributed by atoms with Gasteiger partial charge in [-0.15, -0.1) is 6.58 Å². The van der Waals surface area contributed by atoms with E-state index in [-0.39, 0.29) is 24.4 Å². The van der Waals surface area contributed by atoms with Gasteiger partial charge in [0.1, 0.15) is 0 Å². The Labute approximate surface area is 129 Å². The van der Waals surface area contributed by atoms with Crippen LogP contribution in [-0.2, 0) is 14.0 Å². The lowest BCUT2D eigenvalue weighted by Crippen LogP contribution is -2.41. The first-order valence-electron chi connectivity index (χ1n) is 7.98. The summed E-state index contributed by atoms with van der Waals surface area (Å²) >= 11 is 0. The zero-order chi connectivity index (χ0) is 15.7. The van der Waals surface area contributed by atoms with E-state index in [0.29, 0.717) is 11.8 Å². The Kier molecular flexibility index (Phi) is 5.01. The van der Waals surface area contributed by atoms with Crippen LogP contribution in [-0.4, -0.2) is 31.5 Å². The summed E-state index contributed by atoms with van der Waals surface area (Å²) in [4.78, 5) is 0. The van der Waals surface area contributed by atoms with Crippen molar-refractivity contribution in [2.24, 2.45) is 11.8 Å². The van der Waals surface area contributed by atoms with Gasteiger partial charge in [0.05, 0.1) is 17.3 Å². The molecule has 4 heteroatoms. The van der Waals surface area contributed by atoms with Crippen molar-refractivity contribution in [2.45, 2.75) is 64.2 Å². The summed E-state index contributed by atoms with van der Waals surface area (Å²) in [6.45, 7) is 12.3. The average Bonchev–Trinajstić information content (AvgIpc) is 2.87. The summed E-state index contributed by atoms with van der Waals surface area (Å²) in [6, 6.07) is 0. The number of methoxy groups -OCH3 is 1. The van der Waals surface area contributed by atoms with Crippen LogP contribution in [0.3, 0.4) is 0 Å². The Hall–Kier alpha value is -0.575. The van der Waals surface area contributed by atoms with Crippen molar-refractivity contribution < 1.29 is 14.0 Å². The first-order valence-corrected chi connectivity index (χ1v) is 7.98. The second kappa shape index (κ2) is 6.27. The van der Waals surface area contributed by atoms with Crippen LogP contribution in [0.25, 0.3) is 0 Å². The van der Waals surface area contributed by atoms with Gasteiger partial charge in [0.15, 0.2) is 0 Å². The summed E-state index contributed by atoms with van der Waals surface area (Å²) in [5, 5.41) is 0. The molecule has 3 nitrogen and oxygen atoms in total. The summed E-state index contributed by atoms with van der Waals surface area (Å²) in [7, 11) is 1.64. The Balaban J connectivity index is 1.88. The molecule has 0 N–H and O–H groups in total. The molecule has 0 radical (unpaired) electrons. The van der Waals surface area contributed by atoms with E-state index in [1.165, 1.54) is 0 Å². The van der Waals surface area contributed by atoms with Crippen LogP contribution in [0, 0.1) is 11.8 Å². The topological polar surface area (TPSA) is 27.7 Å². The molecule has 1 saturated heterocycles. The van der Waals surface area contributed by atoms with Crippen molar-refractivity contribution in [3.8, 4) is 0 Å².